The van der Waals surface area contributed by atoms with E-state index in [-0.39, 0.29) is 0 Å². The van der Waals surface area contributed by atoms with Crippen molar-refractivity contribution < 1.29 is 0 Å². The van der Waals surface area contributed by atoms with E-state index in [1.807, 2.05) is 24.3 Å². The smallest absolute Gasteiger partial charge is 0.137 e. The predicted octanol–water partition coefficient (Wildman–Crippen LogP) is 3.31. The van der Waals surface area contributed by atoms with Gasteiger partial charge in [0, 0.05) is 11.1 Å². The van der Waals surface area contributed by atoms with Crippen LogP contribution in [0.5, 0.6) is 0 Å². The minimum absolute atomic E-state index is 0.291. The van der Waals surface area contributed by atoms with Gasteiger partial charge in [0.05, 0.1) is 11.6 Å². The van der Waals surface area contributed by atoms with Gasteiger partial charge in [0.15, 0.2) is 0 Å². The van der Waals surface area contributed by atoms with Gasteiger partial charge in [-0.3, -0.25) is 0 Å². The van der Waals surface area contributed by atoms with Gasteiger partial charge < -0.3 is 11.1 Å². The zero-order valence-corrected chi connectivity index (χ0v) is 11.6. The van der Waals surface area contributed by atoms with Gasteiger partial charge in [-0.1, -0.05) is 18.2 Å². The van der Waals surface area contributed by atoms with E-state index in [0.29, 0.717) is 6.04 Å². The monoisotopic (exact) mass is 276 g/mol. The summed E-state index contributed by atoms with van der Waals surface area (Å²) in [6, 6.07) is 14.5. The standard InChI is InChI=1S/C17H16N4/c18-12-6-7-13-11(9-12)5-8-16(13)21-17-14-3-1-2-4-15(14)19-10-20-17/h1-4,6-7,9-10,16H,5,8,18H2,(H,19,20,21). The highest BCUT2D eigenvalue weighted by molar-refractivity contribution is 5.88. The molecule has 0 radical (unpaired) electrons. The Morgan fingerprint density at radius 3 is 2.95 bits per heavy atom. The van der Waals surface area contributed by atoms with Crippen molar-refractivity contribution >= 4 is 22.4 Å². The number of aryl methyl sites for hydroxylation is 1. The molecule has 1 aromatic heterocycles. The molecule has 1 atom stereocenters. The normalized spacial score (nSPS) is 16.9. The molecule has 2 aromatic carbocycles. The lowest BCUT2D eigenvalue weighted by Gasteiger charge is -2.16. The minimum atomic E-state index is 0.291. The molecular formula is C17H16N4. The molecule has 0 fully saturated rings. The molecule has 1 heterocycles. The van der Waals surface area contributed by atoms with Gasteiger partial charge >= 0.3 is 0 Å². The van der Waals surface area contributed by atoms with Crippen LogP contribution in [0.2, 0.25) is 0 Å². The third-order valence-corrected chi connectivity index (χ3v) is 4.10. The summed E-state index contributed by atoms with van der Waals surface area (Å²) in [5, 5.41) is 4.63. The maximum absolute atomic E-state index is 5.86. The largest absolute Gasteiger partial charge is 0.399 e. The number of nitrogens with zero attached hydrogens (tertiary/aromatic N) is 2. The molecule has 21 heavy (non-hydrogen) atoms. The first kappa shape index (κ1) is 12.1. The van der Waals surface area contributed by atoms with Crippen LogP contribution in [0, 0.1) is 0 Å². The predicted molar refractivity (Wildman–Crippen MR) is 85.1 cm³/mol. The zero-order valence-electron chi connectivity index (χ0n) is 11.6. The highest BCUT2D eigenvalue weighted by Gasteiger charge is 2.23. The van der Waals surface area contributed by atoms with Crippen LogP contribution in [0.4, 0.5) is 11.5 Å². The minimum Gasteiger partial charge on any atom is -0.399 e. The summed E-state index contributed by atoms with van der Waals surface area (Å²) < 4.78 is 0. The van der Waals surface area contributed by atoms with Gasteiger partial charge in [0.25, 0.3) is 0 Å². The van der Waals surface area contributed by atoms with Crippen molar-refractivity contribution in [2.75, 3.05) is 11.1 Å². The maximum Gasteiger partial charge on any atom is 0.137 e. The van der Waals surface area contributed by atoms with E-state index in [1.54, 1.807) is 6.33 Å². The van der Waals surface area contributed by atoms with Gasteiger partial charge in [0.2, 0.25) is 0 Å². The lowest BCUT2D eigenvalue weighted by molar-refractivity contribution is 0.758. The average Bonchev–Trinajstić information content (AvgIpc) is 2.90. The van der Waals surface area contributed by atoms with Crippen molar-refractivity contribution in [3.05, 3.63) is 59.9 Å². The first-order chi connectivity index (χ1) is 10.3. The highest BCUT2D eigenvalue weighted by atomic mass is 15.0. The highest BCUT2D eigenvalue weighted by Crippen LogP contribution is 2.35. The molecule has 1 aliphatic rings. The van der Waals surface area contributed by atoms with Crippen LogP contribution in [0.25, 0.3) is 10.9 Å². The first-order valence-electron chi connectivity index (χ1n) is 7.16. The van der Waals surface area contributed by atoms with Crippen molar-refractivity contribution in [2.45, 2.75) is 18.9 Å². The Bertz CT molecular complexity index is 807. The molecule has 0 bridgehead atoms. The summed E-state index contributed by atoms with van der Waals surface area (Å²) in [7, 11) is 0. The number of nitrogens with two attached hydrogens (primary N) is 1. The lowest BCUT2D eigenvalue weighted by atomic mass is 10.1. The summed E-state index contributed by atoms with van der Waals surface area (Å²) in [5.41, 5.74) is 10.3. The number of anilines is 2. The molecule has 1 aliphatic carbocycles. The summed E-state index contributed by atoms with van der Waals surface area (Å²) >= 11 is 0. The number of para-hydroxylation sites is 1. The van der Waals surface area contributed by atoms with E-state index in [2.05, 4.69) is 33.5 Å². The molecule has 0 amide bonds. The van der Waals surface area contributed by atoms with Crippen LogP contribution in [0.3, 0.4) is 0 Å². The summed E-state index contributed by atoms with van der Waals surface area (Å²) in [6.07, 6.45) is 3.74. The third-order valence-electron chi connectivity index (χ3n) is 4.10. The van der Waals surface area contributed by atoms with Crippen molar-refractivity contribution in [3.8, 4) is 0 Å². The van der Waals surface area contributed by atoms with E-state index in [0.717, 1.165) is 35.2 Å². The van der Waals surface area contributed by atoms with Crippen LogP contribution in [-0.4, -0.2) is 9.97 Å². The van der Waals surface area contributed by atoms with Crippen LogP contribution in [-0.2, 0) is 6.42 Å². The van der Waals surface area contributed by atoms with E-state index in [9.17, 15) is 0 Å². The topological polar surface area (TPSA) is 63.8 Å². The number of rotatable bonds is 2. The fourth-order valence-electron chi connectivity index (χ4n) is 3.07. The molecule has 0 saturated heterocycles. The lowest BCUT2D eigenvalue weighted by Crippen LogP contribution is -2.09. The Kier molecular flexibility index (Phi) is 2.74. The molecule has 3 N–H and O–H groups in total. The summed E-state index contributed by atoms with van der Waals surface area (Å²) in [5.74, 6) is 0.898. The second-order valence-corrected chi connectivity index (χ2v) is 5.43. The van der Waals surface area contributed by atoms with Crippen molar-refractivity contribution in [1.29, 1.82) is 0 Å². The Hall–Kier alpha value is -2.62. The molecule has 3 aromatic rings. The van der Waals surface area contributed by atoms with Gasteiger partial charge in [-0.05, 0) is 48.2 Å². The van der Waals surface area contributed by atoms with E-state index < -0.39 is 0 Å². The number of hydrogen-bond acceptors (Lipinski definition) is 4. The van der Waals surface area contributed by atoms with Gasteiger partial charge in [0.1, 0.15) is 12.1 Å². The second kappa shape index (κ2) is 4.74. The number of nitrogen functional groups attached to an aromatic ring is 1. The fraction of sp³-hybridized carbons (Fsp3) is 0.176. The second-order valence-electron chi connectivity index (χ2n) is 5.43. The molecule has 0 saturated carbocycles. The average molecular weight is 276 g/mol. The Morgan fingerprint density at radius 2 is 2.00 bits per heavy atom. The number of fused-ring (bicyclic) bond motifs is 2. The van der Waals surface area contributed by atoms with Gasteiger partial charge in [-0.15, -0.1) is 0 Å². The molecule has 0 spiro atoms. The molecule has 4 nitrogen and oxygen atoms in total. The number of aromatic nitrogens is 2. The molecule has 1 unspecified atom stereocenters. The fourth-order valence-corrected chi connectivity index (χ4v) is 3.07. The zero-order chi connectivity index (χ0) is 14.2. The van der Waals surface area contributed by atoms with Crippen LogP contribution in [0.15, 0.2) is 48.8 Å². The van der Waals surface area contributed by atoms with Crippen LogP contribution < -0.4 is 11.1 Å². The molecular weight excluding hydrogens is 260 g/mol. The van der Waals surface area contributed by atoms with Gasteiger partial charge in [-0.2, -0.15) is 0 Å². The first-order valence-corrected chi connectivity index (χ1v) is 7.16. The van der Waals surface area contributed by atoms with E-state index in [1.165, 1.54) is 11.1 Å². The molecule has 4 heteroatoms. The quantitative estimate of drug-likeness (QED) is 0.705. The van der Waals surface area contributed by atoms with Crippen molar-refractivity contribution in [2.24, 2.45) is 0 Å². The molecule has 4 rings (SSSR count). The van der Waals surface area contributed by atoms with Gasteiger partial charge in [-0.25, -0.2) is 9.97 Å². The SMILES string of the molecule is Nc1ccc2c(c1)CCC2Nc1ncnc2ccccc12. The van der Waals surface area contributed by atoms with Crippen LogP contribution in [0.1, 0.15) is 23.6 Å². The number of benzene rings is 2. The Labute approximate surface area is 123 Å². The number of hydrogen-bond donors (Lipinski definition) is 2. The van der Waals surface area contributed by atoms with E-state index in [4.69, 9.17) is 5.73 Å². The Morgan fingerprint density at radius 1 is 1.10 bits per heavy atom. The van der Waals surface area contributed by atoms with Crippen molar-refractivity contribution in [3.63, 3.8) is 0 Å². The molecule has 104 valence electrons. The number of nitrogens with one attached hydrogen (secondary N) is 1. The Balaban J connectivity index is 1.71. The summed E-state index contributed by atoms with van der Waals surface area (Å²) in [4.78, 5) is 8.72. The molecule has 0 aliphatic heterocycles. The maximum atomic E-state index is 5.86. The van der Waals surface area contributed by atoms with Crippen molar-refractivity contribution in [1.82, 2.24) is 9.97 Å². The van der Waals surface area contributed by atoms with Crippen LogP contribution >= 0.6 is 0 Å². The summed E-state index contributed by atoms with van der Waals surface area (Å²) in [6.45, 7) is 0. The third kappa shape index (κ3) is 2.09. The van der Waals surface area contributed by atoms with E-state index >= 15 is 0 Å².